The van der Waals surface area contributed by atoms with E-state index >= 15 is 0 Å². The van der Waals surface area contributed by atoms with E-state index in [1.165, 1.54) is 23.3 Å². The Morgan fingerprint density at radius 1 is 1.48 bits per heavy atom. The van der Waals surface area contributed by atoms with Gasteiger partial charge in [0.15, 0.2) is 0 Å². The maximum Gasteiger partial charge on any atom is 0.294 e. The monoisotopic (exact) mass is 312 g/mol. The van der Waals surface area contributed by atoms with Crippen molar-refractivity contribution in [2.24, 2.45) is 16.6 Å². The number of hydrazone groups is 1. The largest absolute Gasteiger partial charge is 0.402 e. The van der Waals surface area contributed by atoms with Crippen LogP contribution in [-0.4, -0.2) is 18.7 Å². The first-order valence-corrected chi connectivity index (χ1v) is 7.74. The number of anilines is 1. The molecule has 0 amide bonds. The Hall–Kier alpha value is -2.06. The van der Waals surface area contributed by atoms with Gasteiger partial charge >= 0.3 is 0 Å². The van der Waals surface area contributed by atoms with Gasteiger partial charge in [-0.25, -0.2) is 5.01 Å². The lowest BCUT2D eigenvalue weighted by molar-refractivity contribution is 0.482. The van der Waals surface area contributed by atoms with Crippen molar-refractivity contribution in [1.29, 1.82) is 0 Å². The summed E-state index contributed by atoms with van der Waals surface area (Å²) in [5.74, 6) is 0.210. The van der Waals surface area contributed by atoms with Crippen molar-refractivity contribution in [3.05, 3.63) is 35.8 Å². The molecule has 0 saturated heterocycles. The third-order valence-corrected chi connectivity index (χ3v) is 3.89. The van der Waals surface area contributed by atoms with Gasteiger partial charge in [-0.2, -0.15) is 13.5 Å². The summed E-state index contributed by atoms with van der Waals surface area (Å²) in [7, 11) is -4.25. The molecule has 0 aromatic heterocycles. The second kappa shape index (κ2) is 6.59. The van der Waals surface area contributed by atoms with E-state index < -0.39 is 10.1 Å². The normalized spacial score (nSPS) is 13.3. The van der Waals surface area contributed by atoms with Crippen LogP contribution in [0.3, 0.4) is 0 Å². The molecule has 8 heteroatoms. The van der Waals surface area contributed by atoms with Crippen LogP contribution < -0.4 is 16.5 Å². The minimum absolute atomic E-state index is 0.155. The third-order valence-electron chi connectivity index (χ3n) is 2.88. The SMILES string of the molecule is CC/C(C)=N\N(/C(N)=C/N)c1ccc(S(=O)(=O)O)c(C)c1. The van der Waals surface area contributed by atoms with E-state index in [-0.39, 0.29) is 10.7 Å². The van der Waals surface area contributed by atoms with Crippen LogP contribution in [0, 0.1) is 6.92 Å². The van der Waals surface area contributed by atoms with E-state index in [0.717, 1.165) is 12.1 Å². The molecule has 0 unspecified atom stereocenters. The molecule has 21 heavy (non-hydrogen) atoms. The topological polar surface area (TPSA) is 122 Å². The van der Waals surface area contributed by atoms with Crippen LogP contribution in [-0.2, 0) is 10.1 Å². The van der Waals surface area contributed by atoms with Crippen LogP contribution in [0.15, 0.2) is 40.2 Å². The molecule has 0 radical (unpaired) electrons. The highest BCUT2D eigenvalue weighted by molar-refractivity contribution is 7.85. The van der Waals surface area contributed by atoms with Crippen LogP contribution in [0.5, 0.6) is 0 Å². The number of nitrogens with zero attached hydrogens (tertiary/aromatic N) is 2. The van der Waals surface area contributed by atoms with E-state index in [4.69, 9.17) is 16.0 Å². The Morgan fingerprint density at radius 2 is 2.10 bits per heavy atom. The molecule has 0 aliphatic heterocycles. The first-order chi connectivity index (χ1) is 9.70. The second-order valence-corrected chi connectivity index (χ2v) is 5.91. The molecule has 0 spiro atoms. The smallest absolute Gasteiger partial charge is 0.294 e. The van der Waals surface area contributed by atoms with Crippen molar-refractivity contribution in [1.82, 2.24) is 0 Å². The summed E-state index contributed by atoms with van der Waals surface area (Å²) in [5.41, 5.74) is 13.0. The zero-order valence-corrected chi connectivity index (χ0v) is 13.1. The maximum atomic E-state index is 11.2. The van der Waals surface area contributed by atoms with E-state index in [1.54, 1.807) is 13.0 Å². The molecule has 7 nitrogen and oxygen atoms in total. The first-order valence-electron chi connectivity index (χ1n) is 6.30. The highest BCUT2D eigenvalue weighted by Crippen LogP contribution is 2.24. The average molecular weight is 312 g/mol. The zero-order chi connectivity index (χ0) is 16.2. The predicted octanol–water partition coefficient (Wildman–Crippen LogP) is 1.55. The third kappa shape index (κ3) is 4.20. The lowest BCUT2D eigenvalue weighted by Gasteiger charge is -2.20. The fourth-order valence-corrected chi connectivity index (χ4v) is 2.34. The van der Waals surface area contributed by atoms with Gasteiger partial charge < -0.3 is 11.5 Å². The minimum atomic E-state index is -4.25. The van der Waals surface area contributed by atoms with Crippen LogP contribution >= 0.6 is 0 Å². The molecule has 0 bridgehead atoms. The van der Waals surface area contributed by atoms with Crippen molar-refractivity contribution in [2.75, 3.05) is 5.01 Å². The van der Waals surface area contributed by atoms with Gasteiger partial charge in [0, 0.05) is 11.9 Å². The van der Waals surface area contributed by atoms with Crippen molar-refractivity contribution in [3.63, 3.8) is 0 Å². The lowest BCUT2D eigenvalue weighted by Crippen LogP contribution is -2.24. The Labute approximate surface area is 124 Å². The highest BCUT2D eigenvalue weighted by atomic mass is 32.2. The molecule has 0 aliphatic carbocycles. The number of nitrogens with two attached hydrogens (primary N) is 2. The van der Waals surface area contributed by atoms with Gasteiger partial charge in [-0.15, -0.1) is 0 Å². The van der Waals surface area contributed by atoms with Crippen molar-refractivity contribution in [3.8, 4) is 0 Å². The Bertz CT molecular complexity index is 681. The lowest BCUT2D eigenvalue weighted by atomic mass is 10.2. The standard InChI is InChI=1S/C13H20N4O3S/c1-4-10(3)16-17(13(15)8-14)11-5-6-12(9(2)7-11)21(18,19)20/h5-8H,4,14-15H2,1-3H3,(H,18,19,20)/b13-8+,16-10-. The molecule has 0 atom stereocenters. The summed E-state index contributed by atoms with van der Waals surface area (Å²) in [6, 6.07) is 4.36. The molecule has 0 saturated carbocycles. The van der Waals surface area contributed by atoms with Gasteiger partial charge in [-0.1, -0.05) is 6.92 Å². The Balaban J connectivity index is 3.38. The molecule has 5 N–H and O–H groups in total. The summed E-state index contributed by atoms with van der Waals surface area (Å²) >= 11 is 0. The molecular formula is C13H20N4O3S. The average Bonchev–Trinajstić information content (AvgIpc) is 2.42. The van der Waals surface area contributed by atoms with E-state index in [9.17, 15) is 8.42 Å². The van der Waals surface area contributed by atoms with Crippen LogP contribution in [0.2, 0.25) is 0 Å². The minimum Gasteiger partial charge on any atom is -0.402 e. The fraction of sp³-hybridized carbons (Fsp3) is 0.308. The highest BCUT2D eigenvalue weighted by Gasteiger charge is 2.16. The van der Waals surface area contributed by atoms with Crippen molar-refractivity contribution in [2.45, 2.75) is 32.1 Å². The molecule has 1 aromatic carbocycles. The van der Waals surface area contributed by atoms with Crippen LogP contribution in [0.4, 0.5) is 5.69 Å². The molecule has 0 aliphatic rings. The number of benzene rings is 1. The van der Waals surface area contributed by atoms with Gasteiger partial charge in [0.25, 0.3) is 10.1 Å². The first kappa shape index (κ1) is 17.0. The molecule has 0 heterocycles. The van der Waals surface area contributed by atoms with Gasteiger partial charge in [0.05, 0.1) is 10.6 Å². The van der Waals surface area contributed by atoms with Crippen LogP contribution in [0.25, 0.3) is 0 Å². The van der Waals surface area contributed by atoms with Crippen molar-refractivity contribution >= 4 is 21.5 Å². The Kier molecular flexibility index (Phi) is 5.34. The van der Waals surface area contributed by atoms with Gasteiger partial charge in [0.1, 0.15) is 5.82 Å². The molecular weight excluding hydrogens is 292 g/mol. The summed E-state index contributed by atoms with van der Waals surface area (Å²) in [4.78, 5) is -0.155. The molecule has 116 valence electrons. The molecule has 1 aromatic rings. The van der Waals surface area contributed by atoms with Gasteiger partial charge in [0.2, 0.25) is 0 Å². The zero-order valence-electron chi connectivity index (χ0n) is 12.2. The molecule has 1 rings (SSSR count). The predicted molar refractivity (Wildman–Crippen MR) is 83.3 cm³/mol. The fourth-order valence-electron chi connectivity index (χ4n) is 1.63. The summed E-state index contributed by atoms with van der Waals surface area (Å²) in [5, 5.41) is 5.75. The van der Waals surface area contributed by atoms with Crippen LogP contribution in [0.1, 0.15) is 25.8 Å². The van der Waals surface area contributed by atoms with E-state index in [1.807, 2.05) is 13.8 Å². The number of aryl methyl sites for hydroxylation is 1. The Morgan fingerprint density at radius 3 is 2.52 bits per heavy atom. The molecule has 0 fully saturated rings. The second-order valence-electron chi connectivity index (χ2n) is 4.52. The number of hydrogen-bond acceptors (Lipinski definition) is 6. The summed E-state index contributed by atoms with van der Waals surface area (Å²) in [6.45, 7) is 5.37. The van der Waals surface area contributed by atoms with Gasteiger partial charge in [-0.3, -0.25) is 4.55 Å². The summed E-state index contributed by atoms with van der Waals surface area (Å²) in [6.07, 6.45) is 1.94. The van der Waals surface area contributed by atoms with Crippen molar-refractivity contribution < 1.29 is 13.0 Å². The summed E-state index contributed by atoms with van der Waals surface area (Å²) < 4.78 is 31.5. The number of hydrogen-bond donors (Lipinski definition) is 3. The van der Waals surface area contributed by atoms with E-state index in [0.29, 0.717) is 11.3 Å². The van der Waals surface area contributed by atoms with E-state index in [2.05, 4.69) is 5.10 Å². The quantitative estimate of drug-likeness (QED) is 0.431. The number of rotatable bonds is 5. The maximum absolute atomic E-state index is 11.2. The van der Waals surface area contributed by atoms with Gasteiger partial charge in [-0.05, 0) is 44.0 Å².